The molecular formula is C10H14N2O4S2. The molecule has 0 unspecified atom stereocenters. The number of aromatic nitrogens is 1. The van der Waals surface area contributed by atoms with Crippen LogP contribution in [0.3, 0.4) is 0 Å². The molecule has 1 aromatic rings. The minimum absolute atomic E-state index is 0.136. The van der Waals surface area contributed by atoms with E-state index in [0.29, 0.717) is 17.8 Å². The van der Waals surface area contributed by atoms with Crippen molar-refractivity contribution in [3.05, 3.63) is 11.2 Å². The van der Waals surface area contributed by atoms with E-state index < -0.39 is 21.5 Å². The molecule has 100 valence electrons. The Balaban J connectivity index is 2.19. The second kappa shape index (κ2) is 4.60. The van der Waals surface area contributed by atoms with Crippen LogP contribution in [0.1, 0.15) is 30.7 Å². The van der Waals surface area contributed by atoms with E-state index >= 15 is 0 Å². The molecule has 2 N–H and O–H groups in total. The average molecular weight is 290 g/mol. The fraction of sp³-hybridized carbons (Fsp3) is 0.600. The minimum atomic E-state index is -3.66. The number of carboxylic acids is 1. The van der Waals surface area contributed by atoms with Crippen LogP contribution < -0.4 is 4.72 Å². The van der Waals surface area contributed by atoms with Crippen LogP contribution in [0.25, 0.3) is 0 Å². The van der Waals surface area contributed by atoms with E-state index in [-0.39, 0.29) is 10.6 Å². The lowest BCUT2D eigenvalue weighted by Gasteiger charge is -2.40. The first kappa shape index (κ1) is 13.4. The van der Waals surface area contributed by atoms with Gasteiger partial charge in [0.25, 0.3) is 10.0 Å². The van der Waals surface area contributed by atoms with Gasteiger partial charge in [-0.1, -0.05) is 0 Å². The summed E-state index contributed by atoms with van der Waals surface area (Å²) >= 11 is 1.08. The highest BCUT2D eigenvalue weighted by Gasteiger charge is 2.42. The van der Waals surface area contributed by atoms with Crippen LogP contribution >= 0.6 is 11.3 Å². The van der Waals surface area contributed by atoms with Gasteiger partial charge in [0.1, 0.15) is 0 Å². The molecule has 0 spiro atoms. The third-order valence-corrected chi connectivity index (χ3v) is 5.97. The summed E-state index contributed by atoms with van der Waals surface area (Å²) < 4.78 is 26.9. The largest absolute Gasteiger partial charge is 0.481 e. The summed E-state index contributed by atoms with van der Waals surface area (Å²) in [5.41, 5.74) is -0.817. The first-order valence-electron chi connectivity index (χ1n) is 5.51. The number of carbonyl (C=O) groups is 1. The number of thiazole rings is 1. The third-order valence-electron chi connectivity index (χ3n) is 3.02. The maximum Gasteiger partial charge on any atom is 0.305 e. The van der Waals surface area contributed by atoms with Crippen LogP contribution in [-0.4, -0.2) is 30.0 Å². The van der Waals surface area contributed by atoms with Gasteiger partial charge >= 0.3 is 5.97 Å². The summed E-state index contributed by atoms with van der Waals surface area (Å²) in [5, 5.41) is 9.50. The van der Waals surface area contributed by atoms with Crippen molar-refractivity contribution >= 4 is 27.3 Å². The van der Waals surface area contributed by atoms with E-state index in [0.717, 1.165) is 17.8 Å². The average Bonchev–Trinajstić information content (AvgIpc) is 2.61. The van der Waals surface area contributed by atoms with Gasteiger partial charge in [0.05, 0.1) is 17.6 Å². The maximum absolute atomic E-state index is 12.1. The molecule has 1 fully saturated rings. The fourth-order valence-electron chi connectivity index (χ4n) is 2.01. The van der Waals surface area contributed by atoms with E-state index in [9.17, 15) is 13.2 Å². The number of aryl methyl sites for hydroxylation is 1. The number of hydrogen-bond acceptors (Lipinski definition) is 5. The second-order valence-corrected chi connectivity index (χ2v) is 7.65. The SMILES string of the molecule is Cc1ncc(S(=O)(=O)NC2(CC(=O)O)CCC2)s1. The van der Waals surface area contributed by atoms with E-state index in [2.05, 4.69) is 9.71 Å². The molecule has 18 heavy (non-hydrogen) atoms. The predicted molar refractivity (Wildman–Crippen MR) is 66.0 cm³/mol. The predicted octanol–water partition coefficient (Wildman–Crippen LogP) is 1.13. The lowest BCUT2D eigenvalue weighted by Crippen LogP contribution is -2.54. The number of nitrogens with one attached hydrogen (secondary N) is 1. The van der Waals surface area contributed by atoms with Crippen molar-refractivity contribution in [2.75, 3.05) is 0 Å². The van der Waals surface area contributed by atoms with E-state index in [1.807, 2.05) is 0 Å². The Morgan fingerprint density at radius 3 is 2.67 bits per heavy atom. The monoisotopic (exact) mass is 290 g/mol. The smallest absolute Gasteiger partial charge is 0.305 e. The summed E-state index contributed by atoms with van der Waals surface area (Å²) in [6, 6.07) is 0. The topological polar surface area (TPSA) is 96.4 Å². The van der Waals surface area contributed by atoms with Crippen molar-refractivity contribution in [1.82, 2.24) is 9.71 Å². The van der Waals surface area contributed by atoms with Gasteiger partial charge in [-0.25, -0.2) is 18.1 Å². The maximum atomic E-state index is 12.1. The lowest BCUT2D eigenvalue weighted by atomic mass is 9.75. The molecule has 0 radical (unpaired) electrons. The molecule has 1 aromatic heterocycles. The second-order valence-electron chi connectivity index (χ2n) is 4.51. The van der Waals surface area contributed by atoms with Crippen molar-refractivity contribution in [3.63, 3.8) is 0 Å². The normalized spacial score (nSPS) is 18.3. The third kappa shape index (κ3) is 2.70. The van der Waals surface area contributed by atoms with Crippen LogP contribution in [0, 0.1) is 6.92 Å². The van der Waals surface area contributed by atoms with E-state index in [1.54, 1.807) is 6.92 Å². The molecule has 0 atom stereocenters. The van der Waals surface area contributed by atoms with Gasteiger partial charge in [-0.05, 0) is 26.2 Å². The fourth-order valence-corrected chi connectivity index (χ4v) is 4.58. The molecule has 8 heteroatoms. The van der Waals surface area contributed by atoms with Crippen molar-refractivity contribution in [2.45, 2.75) is 42.4 Å². The lowest BCUT2D eigenvalue weighted by molar-refractivity contribution is -0.139. The van der Waals surface area contributed by atoms with Gasteiger partial charge in [0.2, 0.25) is 0 Å². The Labute approximate surface area is 109 Å². The van der Waals surface area contributed by atoms with Gasteiger partial charge in [0.15, 0.2) is 4.21 Å². The molecule has 2 rings (SSSR count). The van der Waals surface area contributed by atoms with Crippen molar-refractivity contribution in [2.24, 2.45) is 0 Å². The zero-order chi connectivity index (χ0) is 13.4. The molecule has 1 heterocycles. The number of rotatable bonds is 5. The van der Waals surface area contributed by atoms with Crippen molar-refractivity contribution < 1.29 is 18.3 Å². The summed E-state index contributed by atoms with van der Waals surface area (Å²) in [7, 11) is -3.66. The zero-order valence-corrected chi connectivity index (χ0v) is 11.5. The van der Waals surface area contributed by atoms with E-state index in [1.165, 1.54) is 6.20 Å². The first-order chi connectivity index (χ1) is 8.33. The molecule has 1 aliphatic carbocycles. The molecule has 0 amide bonds. The summed E-state index contributed by atoms with van der Waals surface area (Å²) in [6.45, 7) is 1.72. The molecule has 1 aliphatic rings. The van der Waals surface area contributed by atoms with Crippen LogP contribution in [-0.2, 0) is 14.8 Å². The molecule has 1 saturated carbocycles. The first-order valence-corrected chi connectivity index (χ1v) is 7.81. The summed E-state index contributed by atoms with van der Waals surface area (Å²) in [4.78, 5) is 14.7. The number of sulfonamides is 1. The molecule has 0 bridgehead atoms. The summed E-state index contributed by atoms with van der Waals surface area (Å²) in [5.74, 6) is -0.988. The van der Waals surface area contributed by atoms with Crippen LogP contribution in [0.2, 0.25) is 0 Å². The van der Waals surface area contributed by atoms with E-state index in [4.69, 9.17) is 5.11 Å². The molecular weight excluding hydrogens is 276 g/mol. The van der Waals surface area contributed by atoms with Gasteiger partial charge in [-0.2, -0.15) is 0 Å². The van der Waals surface area contributed by atoms with Crippen LogP contribution in [0.4, 0.5) is 0 Å². The number of aliphatic carboxylic acids is 1. The quantitative estimate of drug-likeness (QED) is 0.847. The Kier molecular flexibility index (Phi) is 3.43. The number of hydrogen-bond donors (Lipinski definition) is 2. The van der Waals surface area contributed by atoms with Crippen LogP contribution in [0.5, 0.6) is 0 Å². The number of nitrogens with zero attached hydrogens (tertiary/aromatic N) is 1. The Morgan fingerprint density at radius 2 is 2.28 bits per heavy atom. The minimum Gasteiger partial charge on any atom is -0.481 e. The van der Waals surface area contributed by atoms with Gasteiger partial charge in [0, 0.05) is 5.54 Å². The van der Waals surface area contributed by atoms with Gasteiger partial charge < -0.3 is 5.11 Å². The van der Waals surface area contributed by atoms with Crippen molar-refractivity contribution in [1.29, 1.82) is 0 Å². The van der Waals surface area contributed by atoms with Gasteiger partial charge in [-0.15, -0.1) is 11.3 Å². The standard InChI is InChI=1S/C10H14N2O4S2/c1-7-11-6-9(17-7)18(15,16)12-10(3-2-4-10)5-8(13)14/h6,12H,2-5H2,1H3,(H,13,14). The van der Waals surface area contributed by atoms with Crippen molar-refractivity contribution in [3.8, 4) is 0 Å². The Morgan fingerprint density at radius 1 is 1.61 bits per heavy atom. The highest BCUT2D eigenvalue weighted by Crippen LogP contribution is 2.36. The Bertz CT molecular complexity index is 560. The molecule has 0 saturated heterocycles. The zero-order valence-electron chi connectivity index (χ0n) is 9.84. The molecule has 0 aromatic carbocycles. The molecule has 0 aliphatic heterocycles. The number of carboxylic acid groups (broad SMARTS) is 1. The summed E-state index contributed by atoms with van der Waals surface area (Å²) in [6.07, 6.45) is 3.10. The van der Waals surface area contributed by atoms with Gasteiger partial charge in [-0.3, -0.25) is 4.79 Å². The van der Waals surface area contributed by atoms with Crippen LogP contribution in [0.15, 0.2) is 10.4 Å². The Hall–Kier alpha value is -0.990. The highest BCUT2D eigenvalue weighted by atomic mass is 32.2. The molecule has 6 nitrogen and oxygen atoms in total. The highest BCUT2D eigenvalue weighted by molar-refractivity contribution is 7.91.